The largest absolute Gasteiger partial charge is 0.301 e. The molecule has 0 unspecified atom stereocenters. The predicted octanol–water partition coefficient (Wildman–Crippen LogP) is 4.06. The number of allylic oxidation sites excluding steroid dienone is 5. The molecule has 0 aliphatic heterocycles. The average Bonchev–Trinajstić information content (AvgIpc) is 2.40. The molecule has 0 bridgehead atoms. The number of anilines is 1. The maximum Gasteiger partial charge on any atom is 0.151 e. The summed E-state index contributed by atoms with van der Waals surface area (Å²) in [6.45, 7) is 0. The van der Waals surface area contributed by atoms with Gasteiger partial charge in [-0.2, -0.15) is 0 Å². The van der Waals surface area contributed by atoms with Crippen molar-refractivity contribution in [1.82, 2.24) is 0 Å². The van der Waals surface area contributed by atoms with Crippen molar-refractivity contribution in [3.8, 4) is 0 Å². The third kappa shape index (κ3) is 1.96. The molecule has 0 saturated heterocycles. The Bertz CT molecular complexity index is 628. The summed E-state index contributed by atoms with van der Waals surface area (Å²) in [6, 6.07) is 14.7. The minimum absolute atomic E-state index is 1.06. The third-order valence-corrected chi connectivity index (χ3v) is 2.78. The molecule has 0 aromatic heterocycles. The molecule has 17 heavy (non-hydrogen) atoms. The number of benzene rings is 2. The molecule has 0 spiro atoms. The Morgan fingerprint density at radius 2 is 1.82 bits per heavy atom. The summed E-state index contributed by atoms with van der Waals surface area (Å²) in [7, 11) is 0. The highest BCUT2D eigenvalue weighted by atomic mass is 14.9. The lowest BCUT2D eigenvalue weighted by Gasteiger charge is -2.06. The zero-order chi connectivity index (χ0) is 11.5. The highest BCUT2D eigenvalue weighted by Crippen LogP contribution is 2.24. The van der Waals surface area contributed by atoms with Crippen LogP contribution < -0.4 is 5.32 Å². The SMILES string of the molecule is [C+]1=CC(Nc2cccc3ccccc23)=CC=C1. The van der Waals surface area contributed by atoms with Crippen LogP contribution >= 0.6 is 0 Å². The molecule has 3 rings (SSSR count). The summed E-state index contributed by atoms with van der Waals surface area (Å²) in [4.78, 5) is 0. The van der Waals surface area contributed by atoms with E-state index in [0.29, 0.717) is 0 Å². The molecule has 1 aliphatic rings. The molecule has 0 heterocycles. The Morgan fingerprint density at radius 3 is 2.71 bits per heavy atom. The van der Waals surface area contributed by atoms with Crippen LogP contribution in [0.5, 0.6) is 0 Å². The zero-order valence-corrected chi connectivity index (χ0v) is 9.35. The van der Waals surface area contributed by atoms with E-state index < -0.39 is 0 Å². The van der Waals surface area contributed by atoms with Gasteiger partial charge in [-0.1, -0.05) is 36.4 Å². The molecule has 2 aromatic carbocycles. The van der Waals surface area contributed by atoms with E-state index in [1.54, 1.807) is 0 Å². The van der Waals surface area contributed by atoms with Crippen molar-refractivity contribution >= 4 is 16.5 Å². The van der Waals surface area contributed by atoms with E-state index in [9.17, 15) is 0 Å². The number of hydrogen-bond acceptors (Lipinski definition) is 1. The summed E-state index contributed by atoms with van der Waals surface area (Å²) in [5, 5.41) is 5.90. The Morgan fingerprint density at radius 1 is 0.941 bits per heavy atom. The fourth-order valence-electron chi connectivity index (χ4n) is 1.96. The summed E-state index contributed by atoms with van der Waals surface area (Å²) in [6.07, 6.45) is 10.9. The van der Waals surface area contributed by atoms with E-state index in [2.05, 4.69) is 53.9 Å². The van der Waals surface area contributed by atoms with Crippen LogP contribution in [0.4, 0.5) is 5.69 Å². The van der Waals surface area contributed by atoms with Gasteiger partial charge >= 0.3 is 0 Å². The molecule has 1 heteroatoms. The van der Waals surface area contributed by atoms with Gasteiger partial charge in [0.2, 0.25) is 0 Å². The quantitative estimate of drug-likeness (QED) is 0.749. The smallest absolute Gasteiger partial charge is 0.151 e. The number of fused-ring (bicyclic) bond motifs is 1. The van der Waals surface area contributed by atoms with E-state index in [1.807, 2.05) is 24.3 Å². The number of hydrogen-bond donors (Lipinski definition) is 1. The first-order valence-electron chi connectivity index (χ1n) is 5.64. The van der Waals surface area contributed by atoms with E-state index in [4.69, 9.17) is 0 Å². The second-order valence-electron chi connectivity index (χ2n) is 3.94. The van der Waals surface area contributed by atoms with E-state index in [-0.39, 0.29) is 0 Å². The van der Waals surface area contributed by atoms with Crippen molar-refractivity contribution in [3.63, 3.8) is 0 Å². The highest BCUT2D eigenvalue weighted by molar-refractivity contribution is 5.94. The molecule has 1 nitrogen and oxygen atoms in total. The molecule has 1 N–H and O–H groups in total. The van der Waals surface area contributed by atoms with Gasteiger partial charge in [-0.15, -0.1) is 0 Å². The summed E-state index contributed by atoms with van der Waals surface area (Å²) in [5.41, 5.74) is 2.19. The van der Waals surface area contributed by atoms with Crippen LogP contribution in [0.3, 0.4) is 0 Å². The fourth-order valence-corrected chi connectivity index (χ4v) is 1.96. The van der Waals surface area contributed by atoms with Crippen molar-refractivity contribution in [2.45, 2.75) is 0 Å². The van der Waals surface area contributed by atoms with Crippen molar-refractivity contribution in [2.24, 2.45) is 0 Å². The molecule has 0 saturated carbocycles. The van der Waals surface area contributed by atoms with E-state index in [0.717, 1.165) is 11.4 Å². The van der Waals surface area contributed by atoms with E-state index in [1.165, 1.54) is 10.8 Å². The minimum atomic E-state index is 1.06. The van der Waals surface area contributed by atoms with Crippen LogP contribution in [0.1, 0.15) is 0 Å². The van der Waals surface area contributed by atoms with Crippen LogP contribution in [0.15, 0.2) is 72.5 Å². The van der Waals surface area contributed by atoms with Gasteiger partial charge in [0.1, 0.15) is 12.2 Å². The first-order valence-corrected chi connectivity index (χ1v) is 5.64. The Hall–Kier alpha value is -2.37. The second kappa shape index (κ2) is 4.25. The first-order chi connectivity index (χ1) is 8.43. The van der Waals surface area contributed by atoms with Gasteiger partial charge in [0.05, 0.1) is 11.8 Å². The van der Waals surface area contributed by atoms with Gasteiger partial charge in [0, 0.05) is 17.5 Å². The van der Waals surface area contributed by atoms with Gasteiger partial charge < -0.3 is 5.32 Å². The van der Waals surface area contributed by atoms with Crippen molar-refractivity contribution in [2.75, 3.05) is 5.32 Å². The molecule has 2 aromatic rings. The second-order valence-corrected chi connectivity index (χ2v) is 3.94. The Labute approximate surface area is 101 Å². The fraction of sp³-hybridized carbons (Fsp3) is 0. The highest BCUT2D eigenvalue weighted by Gasteiger charge is 2.05. The van der Waals surface area contributed by atoms with Crippen LogP contribution in [0.2, 0.25) is 0 Å². The lowest BCUT2D eigenvalue weighted by atomic mass is 10.1. The Kier molecular flexibility index (Phi) is 2.45. The van der Waals surface area contributed by atoms with Gasteiger partial charge in [-0.25, -0.2) is 0 Å². The van der Waals surface area contributed by atoms with Crippen molar-refractivity contribution < 1.29 is 0 Å². The maximum absolute atomic E-state index is 3.42. The van der Waals surface area contributed by atoms with Gasteiger partial charge in [0.15, 0.2) is 5.70 Å². The molecular formula is C16H12N+. The van der Waals surface area contributed by atoms with Crippen molar-refractivity contribution in [3.05, 3.63) is 78.5 Å². The molecule has 80 valence electrons. The average molecular weight is 218 g/mol. The number of rotatable bonds is 2. The summed E-state index contributed by atoms with van der Waals surface area (Å²) >= 11 is 0. The van der Waals surface area contributed by atoms with Crippen molar-refractivity contribution in [1.29, 1.82) is 0 Å². The monoisotopic (exact) mass is 218 g/mol. The molecule has 0 amide bonds. The topological polar surface area (TPSA) is 12.0 Å². The summed E-state index contributed by atoms with van der Waals surface area (Å²) < 4.78 is 0. The van der Waals surface area contributed by atoms with Crippen LogP contribution in [0.25, 0.3) is 10.8 Å². The summed E-state index contributed by atoms with van der Waals surface area (Å²) in [5.74, 6) is 0. The molecule has 0 fully saturated rings. The number of nitrogens with one attached hydrogen (secondary N) is 1. The van der Waals surface area contributed by atoms with Gasteiger partial charge in [-0.3, -0.25) is 0 Å². The maximum atomic E-state index is 3.42. The van der Waals surface area contributed by atoms with Crippen LogP contribution in [-0.2, 0) is 0 Å². The standard InChI is InChI=1S/C16H12N/c1-2-9-14(10-3-1)17-16-12-6-8-13-7-4-5-11-15(13)16/h1-2,4-12,17H/q+1. The third-order valence-electron chi connectivity index (χ3n) is 2.78. The van der Waals surface area contributed by atoms with Crippen LogP contribution in [0, 0.1) is 6.08 Å². The van der Waals surface area contributed by atoms with E-state index >= 15 is 0 Å². The molecule has 0 atom stereocenters. The molecule has 1 aliphatic carbocycles. The molecule has 0 radical (unpaired) electrons. The van der Waals surface area contributed by atoms with Gasteiger partial charge in [0.25, 0.3) is 0 Å². The van der Waals surface area contributed by atoms with Gasteiger partial charge in [-0.05, 0) is 11.5 Å². The first kappa shape index (κ1) is 9.83. The lowest BCUT2D eigenvalue weighted by Crippen LogP contribution is -1.98. The predicted molar refractivity (Wildman–Crippen MR) is 72.6 cm³/mol. The Balaban J connectivity index is 2.03. The molecular weight excluding hydrogens is 206 g/mol. The normalized spacial score (nSPS) is 13.3. The minimum Gasteiger partial charge on any atom is -0.301 e. The zero-order valence-electron chi connectivity index (χ0n) is 9.35. The van der Waals surface area contributed by atoms with Crippen LogP contribution in [-0.4, -0.2) is 0 Å². The lowest BCUT2D eigenvalue weighted by molar-refractivity contribution is 1.46.